The zero-order chi connectivity index (χ0) is 42.8. The second-order valence-electron chi connectivity index (χ2n) is 14.7. The van der Waals surface area contributed by atoms with Crippen LogP contribution in [0.3, 0.4) is 0 Å². The molecule has 332 valence electrons. The highest BCUT2D eigenvalue weighted by Crippen LogP contribution is 2.25. The SMILES string of the molecule is O=C(CBr)Oc1ccc(N2CCCCC2)cc1.O=C(CCl)NCCCOc1ccc(N2CCCCC2)cc1.O=S(=O)(CCl)NCCCOc1ccc(N2CCCCC2)cc1. The van der Waals surface area contributed by atoms with Crippen LogP contribution in [0.2, 0.25) is 0 Å². The number of alkyl halides is 3. The van der Waals surface area contributed by atoms with Gasteiger partial charge in [-0.25, -0.2) is 13.1 Å². The molecular weight excluding hydrogens is 893 g/mol. The Morgan fingerprint density at radius 1 is 0.583 bits per heavy atom. The monoisotopic (exact) mass is 953 g/mol. The number of sulfonamides is 1. The lowest BCUT2D eigenvalue weighted by Crippen LogP contribution is -2.29. The third-order valence-corrected chi connectivity index (χ3v) is 12.6. The molecule has 3 aliphatic heterocycles. The van der Waals surface area contributed by atoms with E-state index in [1.54, 1.807) is 0 Å². The lowest BCUT2D eigenvalue weighted by atomic mass is 10.1. The third kappa shape index (κ3) is 19.1. The molecule has 0 spiro atoms. The Morgan fingerprint density at radius 3 is 1.33 bits per heavy atom. The van der Waals surface area contributed by atoms with Gasteiger partial charge < -0.3 is 34.2 Å². The first-order valence-electron chi connectivity index (χ1n) is 21.1. The summed E-state index contributed by atoms with van der Waals surface area (Å²) in [6, 6.07) is 24.1. The largest absolute Gasteiger partial charge is 0.494 e. The predicted octanol–water partition coefficient (Wildman–Crippen LogP) is 8.34. The molecule has 0 saturated carbocycles. The van der Waals surface area contributed by atoms with E-state index in [0.29, 0.717) is 38.5 Å². The van der Waals surface area contributed by atoms with Gasteiger partial charge in [-0.2, -0.15) is 0 Å². The van der Waals surface area contributed by atoms with Crippen LogP contribution in [0.4, 0.5) is 17.1 Å². The van der Waals surface area contributed by atoms with Crippen molar-refractivity contribution in [3.63, 3.8) is 0 Å². The maximum absolute atomic E-state index is 11.1. The van der Waals surface area contributed by atoms with Crippen molar-refractivity contribution in [2.45, 2.75) is 70.6 Å². The van der Waals surface area contributed by atoms with E-state index >= 15 is 0 Å². The maximum atomic E-state index is 11.1. The standard InChI is InChI=1S/C16H23ClN2O2.C15H23ClN2O3S.C13H16BrNO2/c17-13-16(20)18-9-4-12-21-15-7-5-14(6-8-15)19-10-2-1-3-11-19;16-13-22(19,20)17-9-4-12-21-15-7-5-14(6-8-15)18-10-2-1-3-11-18;14-10-13(16)17-12-6-4-11(5-7-12)15-8-2-1-3-9-15/h5-8H,1-4,9-13H2,(H,18,20);5-8,17H,1-4,9-13H2;4-7H,1-3,8-10H2. The molecule has 0 aromatic heterocycles. The molecule has 12 nitrogen and oxygen atoms in total. The Labute approximate surface area is 375 Å². The Hall–Kier alpha value is -3.43. The van der Waals surface area contributed by atoms with Crippen LogP contribution in [0.1, 0.15) is 70.6 Å². The van der Waals surface area contributed by atoms with Gasteiger partial charge in [-0.15, -0.1) is 23.2 Å². The summed E-state index contributed by atoms with van der Waals surface area (Å²) in [5.41, 5.74) is 3.72. The van der Waals surface area contributed by atoms with E-state index in [1.807, 2.05) is 48.5 Å². The topological polar surface area (TPSA) is 130 Å². The van der Waals surface area contributed by atoms with Gasteiger partial charge in [0.2, 0.25) is 15.9 Å². The fourth-order valence-electron chi connectivity index (χ4n) is 6.91. The zero-order valence-corrected chi connectivity index (χ0v) is 38.6. The average molecular weight is 956 g/mol. The van der Waals surface area contributed by atoms with E-state index in [2.05, 4.69) is 64.9 Å². The van der Waals surface area contributed by atoms with Gasteiger partial charge in [0.15, 0.2) is 0 Å². The first kappa shape index (κ1) is 49.2. The van der Waals surface area contributed by atoms with Crippen molar-refractivity contribution in [1.82, 2.24) is 10.0 Å². The van der Waals surface area contributed by atoms with Gasteiger partial charge in [-0.05, 0) is 143 Å². The summed E-state index contributed by atoms with van der Waals surface area (Å²) < 4.78 is 41.0. The Bertz CT molecular complexity index is 1760. The Balaban J connectivity index is 0.000000200. The van der Waals surface area contributed by atoms with Crippen molar-refractivity contribution < 1.29 is 32.2 Å². The summed E-state index contributed by atoms with van der Waals surface area (Å²) in [5.74, 6) is 1.90. The Kier molecular flexibility index (Phi) is 23.2. The average Bonchev–Trinajstić information content (AvgIpc) is 3.30. The molecule has 0 unspecified atom stereocenters. The molecule has 0 radical (unpaired) electrons. The molecule has 3 aromatic carbocycles. The lowest BCUT2D eigenvalue weighted by molar-refractivity contribution is -0.131. The number of benzene rings is 3. The van der Waals surface area contributed by atoms with Crippen LogP contribution in [-0.4, -0.2) is 102 Å². The van der Waals surface area contributed by atoms with Gasteiger partial charge >= 0.3 is 5.97 Å². The smallest absolute Gasteiger partial charge is 0.321 e. The van der Waals surface area contributed by atoms with E-state index in [9.17, 15) is 18.0 Å². The molecule has 3 heterocycles. The van der Waals surface area contributed by atoms with Crippen molar-refractivity contribution in [3.8, 4) is 17.2 Å². The summed E-state index contributed by atoms with van der Waals surface area (Å²) in [6.07, 6.45) is 13.0. The van der Waals surface area contributed by atoms with Crippen LogP contribution in [-0.2, 0) is 19.6 Å². The van der Waals surface area contributed by atoms with Crippen LogP contribution in [0.5, 0.6) is 17.2 Å². The van der Waals surface area contributed by atoms with Crippen molar-refractivity contribution in [2.75, 3.05) is 96.7 Å². The minimum atomic E-state index is -3.33. The van der Waals surface area contributed by atoms with Gasteiger partial charge in [0, 0.05) is 69.4 Å². The Morgan fingerprint density at radius 2 is 0.967 bits per heavy atom. The second-order valence-corrected chi connectivity index (χ2v) is 18.0. The van der Waals surface area contributed by atoms with Crippen molar-refractivity contribution in [3.05, 3.63) is 72.8 Å². The molecule has 3 aliphatic rings. The quantitative estimate of drug-likeness (QED) is 0.0556. The van der Waals surface area contributed by atoms with Crippen LogP contribution in [0.25, 0.3) is 0 Å². The summed E-state index contributed by atoms with van der Waals surface area (Å²) in [5, 5.41) is 2.53. The number of nitrogens with one attached hydrogen (secondary N) is 2. The number of carbonyl (C=O) groups is 2. The highest BCUT2D eigenvalue weighted by atomic mass is 79.9. The van der Waals surface area contributed by atoms with Gasteiger partial charge in [-0.3, -0.25) is 9.59 Å². The number of rotatable bonds is 18. The number of hydrogen-bond donors (Lipinski definition) is 2. The normalized spacial score (nSPS) is 15.4. The van der Waals surface area contributed by atoms with E-state index in [1.165, 1.54) is 74.8 Å². The molecule has 1 amide bonds. The molecule has 3 aromatic rings. The molecule has 0 bridgehead atoms. The predicted molar refractivity (Wildman–Crippen MR) is 249 cm³/mol. The molecule has 3 saturated heterocycles. The summed E-state index contributed by atoms with van der Waals surface area (Å²) in [4.78, 5) is 29.2. The summed E-state index contributed by atoms with van der Waals surface area (Å²) >= 11 is 13.8. The molecular formula is C44H62BrCl2N5O7S. The van der Waals surface area contributed by atoms with Crippen LogP contribution < -0.4 is 38.9 Å². The van der Waals surface area contributed by atoms with Gasteiger partial charge in [-0.1, -0.05) is 15.9 Å². The van der Waals surface area contributed by atoms with Gasteiger partial charge in [0.1, 0.15) is 33.7 Å². The van der Waals surface area contributed by atoms with E-state index in [4.69, 9.17) is 37.4 Å². The number of anilines is 3. The van der Waals surface area contributed by atoms with Crippen LogP contribution in [0.15, 0.2) is 72.8 Å². The second kappa shape index (κ2) is 28.2. The van der Waals surface area contributed by atoms with Gasteiger partial charge in [0.25, 0.3) is 0 Å². The van der Waals surface area contributed by atoms with Crippen molar-refractivity contribution in [1.29, 1.82) is 0 Å². The fourth-order valence-corrected chi connectivity index (χ4v) is 7.88. The number of carbonyl (C=O) groups excluding carboxylic acids is 2. The number of amides is 1. The molecule has 6 rings (SSSR count). The van der Waals surface area contributed by atoms with E-state index in [-0.39, 0.29) is 23.1 Å². The highest BCUT2D eigenvalue weighted by Gasteiger charge is 2.13. The fraction of sp³-hybridized carbons (Fsp3) is 0.545. The van der Waals surface area contributed by atoms with Crippen molar-refractivity contribution in [2.24, 2.45) is 0 Å². The van der Waals surface area contributed by atoms with Crippen LogP contribution >= 0.6 is 39.1 Å². The number of hydrogen-bond acceptors (Lipinski definition) is 10. The minimum Gasteiger partial charge on any atom is -0.494 e. The van der Waals surface area contributed by atoms with E-state index in [0.717, 1.165) is 57.2 Å². The first-order valence-corrected chi connectivity index (χ1v) is 25.0. The number of ether oxygens (including phenoxy) is 3. The molecule has 2 N–H and O–H groups in total. The lowest BCUT2D eigenvalue weighted by Gasteiger charge is -2.28. The number of piperidine rings is 3. The molecule has 3 fully saturated rings. The van der Waals surface area contributed by atoms with E-state index < -0.39 is 15.2 Å². The maximum Gasteiger partial charge on any atom is 0.321 e. The van der Waals surface area contributed by atoms with Crippen molar-refractivity contribution >= 4 is 78.1 Å². The van der Waals surface area contributed by atoms with Crippen LogP contribution in [0, 0.1) is 0 Å². The highest BCUT2D eigenvalue weighted by molar-refractivity contribution is 9.09. The summed E-state index contributed by atoms with van der Waals surface area (Å²) in [7, 11) is -3.33. The zero-order valence-electron chi connectivity index (χ0n) is 34.6. The first-order chi connectivity index (χ1) is 29.2. The number of nitrogens with zero attached hydrogens (tertiary/aromatic N) is 3. The molecule has 16 heteroatoms. The number of esters is 1. The van der Waals surface area contributed by atoms with Gasteiger partial charge in [0.05, 0.1) is 13.2 Å². The molecule has 0 aliphatic carbocycles. The third-order valence-electron chi connectivity index (χ3n) is 10.1. The molecule has 0 atom stereocenters. The molecule has 60 heavy (non-hydrogen) atoms. The summed E-state index contributed by atoms with van der Waals surface area (Å²) in [6.45, 7) is 8.79. The number of halogens is 3. The minimum absolute atomic E-state index is 0.0127.